The summed E-state index contributed by atoms with van der Waals surface area (Å²) >= 11 is 0. The molecule has 5 heteroatoms. The van der Waals surface area contributed by atoms with Gasteiger partial charge in [0.25, 0.3) is 0 Å². The number of benzene rings is 1. The van der Waals surface area contributed by atoms with Crippen LogP contribution in [0.5, 0.6) is 0 Å². The van der Waals surface area contributed by atoms with E-state index in [0.29, 0.717) is 26.2 Å². The van der Waals surface area contributed by atoms with E-state index in [1.807, 2.05) is 30.3 Å². The van der Waals surface area contributed by atoms with Crippen molar-refractivity contribution in [2.45, 2.75) is 19.1 Å². The molecule has 2 atom stereocenters. The summed E-state index contributed by atoms with van der Waals surface area (Å²) in [6.07, 6.45) is 0.181. The molecule has 2 aliphatic heterocycles. The molecular weight excluding hydrogens is 256 g/mol. The zero-order valence-electron chi connectivity index (χ0n) is 11.4. The summed E-state index contributed by atoms with van der Waals surface area (Å²) in [5, 5.41) is 13.2. The Morgan fingerprint density at radius 1 is 1.45 bits per heavy atom. The van der Waals surface area contributed by atoms with Crippen LogP contribution < -0.4 is 5.32 Å². The Hall–Kier alpha value is -1.59. The number of nitrogens with zero attached hydrogens (tertiary/aromatic N) is 1. The SMILES string of the molecule is O=C(OCc1ccccc1)N1CCC2(CNCC2O)C1. The Balaban J connectivity index is 1.54. The smallest absolute Gasteiger partial charge is 0.410 e. The van der Waals surface area contributed by atoms with Crippen LogP contribution in [0.15, 0.2) is 30.3 Å². The fourth-order valence-corrected chi connectivity index (χ4v) is 3.07. The lowest BCUT2D eigenvalue weighted by atomic mass is 9.84. The van der Waals surface area contributed by atoms with E-state index >= 15 is 0 Å². The number of nitrogens with one attached hydrogen (secondary N) is 1. The molecule has 5 nitrogen and oxygen atoms in total. The van der Waals surface area contributed by atoms with Gasteiger partial charge in [-0.2, -0.15) is 0 Å². The highest BCUT2D eigenvalue weighted by molar-refractivity contribution is 5.68. The van der Waals surface area contributed by atoms with Crippen LogP contribution in [-0.4, -0.2) is 48.4 Å². The monoisotopic (exact) mass is 276 g/mol. The maximum Gasteiger partial charge on any atom is 0.410 e. The van der Waals surface area contributed by atoms with Gasteiger partial charge in [-0.15, -0.1) is 0 Å². The third-order valence-electron chi connectivity index (χ3n) is 4.37. The van der Waals surface area contributed by atoms with Gasteiger partial charge in [0.15, 0.2) is 0 Å². The molecule has 2 unspecified atom stereocenters. The normalized spacial score (nSPS) is 29.1. The molecule has 0 aliphatic carbocycles. The third kappa shape index (κ3) is 2.51. The van der Waals surface area contributed by atoms with Crippen molar-refractivity contribution in [1.29, 1.82) is 0 Å². The number of aliphatic hydroxyl groups excluding tert-OH is 1. The second-order valence-electron chi connectivity index (χ2n) is 5.72. The Morgan fingerprint density at radius 3 is 2.95 bits per heavy atom. The average molecular weight is 276 g/mol. The van der Waals surface area contributed by atoms with E-state index in [0.717, 1.165) is 18.5 Å². The zero-order valence-corrected chi connectivity index (χ0v) is 11.4. The van der Waals surface area contributed by atoms with Crippen molar-refractivity contribution in [3.8, 4) is 0 Å². The number of amides is 1. The van der Waals surface area contributed by atoms with Gasteiger partial charge in [-0.1, -0.05) is 30.3 Å². The highest BCUT2D eigenvalue weighted by atomic mass is 16.6. The minimum Gasteiger partial charge on any atom is -0.445 e. The maximum atomic E-state index is 12.1. The summed E-state index contributed by atoms with van der Waals surface area (Å²) in [4.78, 5) is 13.8. The number of carbonyl (C=O) groups is 1. The topological polar surface area (TPSA) is 61.8 Å². The molecule has 2 N–H and O–H groups in total. The predicted molar refractivity (Wildman–Crippen MR) is 74.1 cm³/mol. The summed E-state index contributed by atoms with van der Waals surface area (Å²) in [6, 6.07) is 9.65. The van der Waals surface area contributed by atoms with E-state index < -0.39 is 0 Å². The number of ether oxygens (including phenoxy) is 1. The molecule has 2 aliphatic rings. The number of rotatable bonds is 2. The number of aliphatic hydroxyl groups is 1. The van der Waals surface area contributed by atoms with Crippen LogP contribution in [0.4, 0.5) is 4.79 Å². The van der Waals surface area contributed by atoms with E-state index in [-0.39, 0.29) is 17.6 Å². The molecular formula is C15H20N2O3. The van der Waals surface area contributed by atoms with Crippen molar-refractivity contribution in [1.82, 2.24) is 10.2 Å². The molecule has 2 heterocycles. The second-order valence-corrected chi connectivity index (χ2v) is 5.72. The Labute approximate surface area is 118 Å². The molecule has 0 saturated carbocycles. The lowest BCUT2D eigenvalue weighted by molar-refractivity contribution is 0.0662. The van der Waals surface area contributed by atoms with Crippen LogP contribution >= 0.6 is 0 Å². The van der Waals surface area contributed by atoms with Gasteiger partial charge >= 0.3 is 6.09 Å². The Morgan fingerprint density at radius 2 is 2.25 bits per heavy atom. The highest BCUT2D eigenvalue weighted by Crippen LogP contribution is 2.36. The van der Waals surface area contributed by atoms with Crippen LogP contribution in [0.1, 0.15) is 12.0 Å². The molecule has 0 bridgehead atoms. The molecule has 3 rings (SSSR count). The minimum atomic E-state index is -0.366. The van der Waals surface area contributed by atoms with Gasteiger partial charge in [-0.25, -0.2) is 4.79 Å². The van der Waals surface area contributed by atoms with Crippen molar-refractivity contribution in [2.24, 2.45) is 5.41 Å². The highest BCUT2D eigenvalue weighted by Gasteiger charge is 2.48. The fourth-order valence-electron chi connectivity index (χ4n) is 3.07. The number of hydrogen-bond acceptors (Lipinski definition) is 4. The van der Waals surface area contributed by atoms with E-state index in [9.17, 15) is 9.90 Å². The van der Waals surface area contributed by atoms with Crippen molar-refractivity contribution in [3.05, 3.63) is 35.9 Å². The van der Waals surface area contributed by atoms with E-state index in [1.54, 1.807) is 4.90 Å². The van der Waals surface area contributed by atoms with Crippen LogP contribution in [0.25, 0.3) is 0 Å². The van der Waals surface area contributed by atoms with Gasteiger partial charge in [0.05, 0.1) is 6.10 Å². The first-order chi connectivity index (χ1) is 9.70. The molecule has 1 amide bonds. The maximum absolute atomic E-state index is 12.1. The number of carbonyl (C=O) groups excluding carboxylic acids is 1. The Bertz CT molecular complexity index is 479. The first-order valence-corrected chi connectivity index (χ1v) is 7.04. The van der Waals surface area contributed by atoms with E-state index in [1.165, 1.54) is 0 Å². The summed E-state index contributed by atoms with van der Waals surface area (Å²) < 4.78 is 5.33. The van der Waals surface area contributed by atoms with Crippen molar-refractivity contribution in [2.75, 3.05) is 26.2 Å². The molecule has 108 valence electrons. The average Bonchev–Trinajstić information content (AvgIpc) is 3.06. The summed E-state index contributed by atoms with van der Waals surface area (Å²) in [5.41, 5.74) is 0.809. The van der Waals surface area contributed by atoms with Gasteiger partial charge < -0.3 is 20.1 Å². The predicted octanol–water partition coefficient (Wildman–Crippen LogP) is 0.979. The van der Waals surface area contributed by atoms with Crippen LogP contribution in [0, 0.1) is 5.41 Å². The third-order valence-corrected chi connectivity index (χ3v) is 4.37. The van der Waals surface area contributed by atoms with Gasteiger partial charge in [-0.05, 0) is 12.0 Å². The summed E-state index contributed by atoms with van der Waals surface area (Å²) in [5.74, 6) is 0. The van der Waals surface area contributed by atoms with Crippen LogP contribution in [-0.2, 0) is 11.3 Å². The zero-order chi connectivity index (χ0) is 14.0. The van der Waals surface area contributed by atoms with Gasteiger partial charge in [0.1, 0.15) is 6.61 Å². The molecule has 20 heavy (non-hydrogen) atoms. The van der Waals surface area contributed by atoms with Crippen molar-refractivity contribution >= 4 is 6.09 Å². The summed E-state index contributed by atoms with van der Waals surface area (Å²) in [7, 11) is 0. The first kappa shape index (κ1) is 13.4. The van der Waals surface area contributed by atoms with Gasteiger partial charge in [0, 0.05) is 31.6 Å². The molecule has 0 radical (unpaired) electrons. The van der Waals surface area contributed by atoms with Crippen LogP contribution in [0.2, 0.25) is 0 Å². The number of hydrogen-bond donors (Lipinski definition) is 2. The minimum absolute atomic E-state index is 0.175. The lowest BCUT2D eigenvalue weighted by Crippen LogP contribution is -2.39. The standard InChI is InChI=1S/C15H20N2O3/c18-13-8-16-10-15(13)6-7-17(11-15)14(19)20-9-12-4-2-1-3-5-12/h1-5,13,16,18H,6-11H2. The molecule has 1 spiro atoms. The second kappa shape index (κ2) is 5.42. The number of β-amino-alcohol motifs (C(OH)–C–C–N with tert-alkyl or cyclic N) is 1. The number of likely N-dealkylation sites (tertiary alicyclic amines) is 1. The molecule has 2 saturated heterocycles. The van der Waals surface area contributed by atoms with Gasteiger partial charge in [0.2, 0.25) is 0 Å². The van der Waals surface area contributed by atoms with E-state index in [4.69, 9.17) is 4.74 Å². The van der Waals surface area contributed by atoms with E-state index in [2.05, 4.69) is 5.32 Å². The van der Waals surface area contributed by atoms with Gasteiger partial charge in [-0.3, -0.25) is 0 Å². The molecule has 1 aromatic rings. The van der Waals surface area contributed by atoms with Crippen molar-refractivity contribution in [3.63, 3.8) is 0 Å². The lowest BCUT2D eigenvalue weighted by Gasteiger charge is -2.26. The molecule has 0 aromatic heterocycles. The molecule has 1 aromatic carbocycles. The Kier molecular flexibility index (Phi) is 3.63. The van der Waals surface area contributed by atoms with Crippen molar-refractivity contribution < 1.29 is 14.6 Å². The quantitative estimate of drug-likeness (QED) is 0.845. The van der Waals surface area contributed by atoms with Crippen LogP contribution in [0.3, 0.4) is 0 Å². The fraction of sp³-hybridized carbons (Fsp3) is 0.533. The summed E-state index contributed by atoms with van der Waals surface area (Å²) in [6.45, 7) is 2.93. The molecule has 2 fully saturated rings. The first-order valence-electron chi connectivity index (χ1n) is 7.04. The largest absolute Gasteiger partial charge is 0.445 e.